The highest BCUT2D eigenvalue weighted by molar-refractivity contribution is 7.99. The van der Waals surface area contributed by atoms with Crippen molar-refractivity contribution in [1.82, 2.24) is 4.98 Å². The largest absolute Gasteiger partial charge is 0.383 e. The van der Waals surface area contributed by atoms with E-state index in [0.29, 0.717) is 0 Å². The Bertz CT molecular complexity index is 367. The van der Waals surface area contributed by atoms with Crippen LogP contribution >= 0.6 is 11.8 Å². The van der Waals surface area contributed by atoms with Gasteiger partial charge >= 0.3 is 0 Å². The molecule has 2 aliphatic heterocycles. The first-order valence-corrected chi connectivity index (χ1v) is 8.10. The van der Waals surface area contributed by atoms with Crippen LogP contribution in [0.5, 0.6) is 0 Å². The molecule has 1 aromatic heterocycles. The Labute approximate surface area is 113 Å². The average molecular weight is 263 g/mol. The predicted molar refractivity (Wildman–Crippen MR) is 79.6 cm³/mol. The van der Waals surface area contributed by atoms with Gasteiger partial charge in [-0.3, -0.25) is 0 Å². The van der Waals surface area contributed by atoms with Crippen LogP contribution in [0.15, 0.2) is 18.3 Å². The fraction of sp³-hybridized carbons (Fsp3) is 0.643. The number of hydrogen-bond acceptors (Lipinski definition) is 4. The van der Waals surface area contributed by atoms with Crippen LogP contribution in [0, 0.1) is 5.92 Å². The lowest BCUT2D eigenvalue weighted by molar-refractivity contribution is 0.631. The van der Waals surface area contributed by atoms with E-state index < -0.39 is 0 Å². The molecule has 18 heavy (non-hydrogen) atoms. The van der Waals surface area contributed by atoms with Gasteiger partial charge in [-0.25, -0.2) is 4.98 Å². The second-order valence-electron chi connectivity index (χ2n) is 5.21. The summed E-state index contributed by atoms with van der Waals surface area (Å²) < 4.78 is 0. The van der Waals surface area contributed by atoms with Crippen molar-refractivity contribution in [3.8, 4) is 0 Å². The van der Waals surface area contributed by atoms with E-state index in [4.69, 9.17) is 0 Å². The third-order valence-electron chi connectivity index (χ3n) is 3.80. The maximum Gasteiger partial charge on any atom is 0.128 e. The molecule has 1 atom stereocenters. The zero-order valence-electron chi connectivity index (χ0n) is 10.8. The summed E-state index contributed by atoms with van der Waals surface area (Å²) in [4.78, 5) is 6.94. The molecule has 2 fully saturated rings. The minimum Gasteiger partial charge on any atom is -0.383 e. The third-order valence-corrected chi connectivity index (χ3v) is 5.03. The van der Waals surface area contributed by atoms with Gasteiger partial charge in [-0.2, -0.15) is 11.8 Å². The van der Waals surface area contributed by atoms with Crippen LogP contribution in [-0.2, 0) is 0 Å². The number of hydrogen-bond donors (Lipinski definition) is 1. The summed E-state index contributed by atoms with van der Waals surface area (Å²) in [6, 6.07) is 4.32. The molecule has 98 valence electrons. The molecule has 0 radical (unpaired) electrons. The number of nitrogens with one attached hydrogen (secondary N) is 1. The molecule has 4 heteroatoms. The summed E-state index contributed by atoms with van der Waals surface area (Å²) >= 11 is 2.07. The molecule has 1 unspecified atom stereocenters. The van der Waals surface area contributed by atoms with E-state index in [1.165, 1.54) is 43.9 Å². The number of thioether (sulfide) groups is 1. The van der Waals surface area contributed by atoms with E-state index in [9.17, 15) is 0 Å². The summed E-state index contributed by atoms with van der Waals surface area (Å²) in [5, 5.41) is 3.51. The van der Waals surface area contributed by atoms with Gasteiger partial charge in [0.15, 0.2) is 0 Å². The average Bonchev–Trinajstić information content (AvgIpc) is 3.10. The van der Waals surface area contributed by atoms with Crippen LogP contribution in [0.1, 0.15) is 19.3 Å². The van der Waals surface area contributed by atoms with Crippen LogP contribution in [0.25, 0.3) is 0 Å². The van der Waals surface area contributed by atoms with Crippen LogP contribution in [0.4, 0.5) is 11.5 Å². The van der Waals surface area contributed by atoms with Crippen molar-refractivity contribution in [2.45, 2.75) is 19.3 Å². The van der Waals surface area contributed by atoms with Crippen molar-refractivity contribution in [3.05, 3.63) is 18.3 Å². The van der Waals surface area contributed by atoms with E-state index in [-0.39, 0.29) is 0 Å². The highest BCUT2D eigenvalue weighted by atomic mass is 32.2. The molecule has 0 aromatic carbocycles. The lowest BCUT2D eigenvalue weighted by Gasteiger charge is -2.17. The van der Waals surface area contributed by atoms with E-state index in [1.54, 1.807) is 0 Å². The van der Waals surface area contributed by atoms with E-state index >= 15 is 0 Å². The quantitative estimate of drug-likeness (QED) is 0.904. The molecule has 1 aromatic rings. The first-order chi connectivity index (χ1) is 8.92. The van der Waals surface area contributed by atoms with Crippen molar-refractivity contribution >= 4 is 23.3 Å². The number of nitrogens with zero attached hydrogens (tertiary/aromatic N) is 2. The minimum atomic E-state index is 0.841. The fourth-order valence-electron chi connectivity index (χ4n) is 2.63. The first-order valence-electron chi connectivity index (χ1n) is 6.94. The number of anilines is 2. The molecule has 1 N–H and O–H groups in total. The summed E-state index contributed by atoms with van der Waals surface area (Å²) in [7, 11) is 0. The van der Waals surface area contributed by atoms with Gasteiger partial charge in [-0.15, -0.1) is 0 Å². The van der Waals surface area contributed by atoms with Gasteiger partial charge in [0.05, 0.1) is 11.9 Å². The molecule has 0 spiro atoms. The Morgan fingerprint density at radius 2 is 2.22 bits per heavy atom. The van der Waals surface area contributed by atoms with Gasteiger partial charge in [0.25, 0.3) is 0 Å². The predicted octanol–water partition coefficient (Wildman–Crippen LogP) is 2.85. The molecule has 3 rings (SSSR count). The Kier molecular flexibility index (Phi) is 3.93. The zero-order chi connectivity index (χ0) is 12.2. The second-order valence-corrected chi connectivity index (χ2v) is 6.36. The molecular formula is C14H21N3S. The van der Waals surface area contributed by atoms with Crippen LogP contribution in [0.3, 0.4) is 0 Å². The number of aromatic nitrogens is 1. The molecule has 0 saturated carbocycles. The molecule has 3 heterocycles. The number of pyridine rings is 1. The maximum absolute atomic E-state index is 4.56. The Morgan fingerprint density at radius 1 is 1.33 bits per heavy atom. The zero-order valence-corrected chi connectivity index (χ0v) is 11.6. The molecule has 0 bridgehead atoms. The molecule has 2 saturated heterocycles. The van der Waals surface area contributed by atoms with Crippen LogP contribution in [-0.4, -0.2) is 36.1 Å². The fourth-order valence-corrected chi connectivity index (χ4v) is 3.91. The number of rotatable bonds is 4. The first kappa shape index (κ1) is 12.2. The monoisotopic (exact) mass is 263 g/mol. The van der Waals surface area contributed by atoms with E-state index in [0.717, 1.165) is 24.0 Å². The normalized spacial score (nSPS) is 23.6. The summed E-state index contributed by atoms with van der Waals surface area (Å²) in [5.41, 5.74) is 1.16. The van der Waals surface area contributed by atoms with Crippen LogP contribution < -0.4 is 10.2 Å². The van der Waals surface area contributed by atoms with E-state index in [1.807, 2.05) is 6.20 Å². The summed E-state index contributed by atoms with van der Waals surface area (Å²) in [6.45, 7) is 3.43. The van der Waals surface area contributed by atoms with Crippen molar-refractivity contribution in [2.24, 2.45) is 5.92 Å². The molecule has 0 aliphatic carbocycles. The third kappa shape index (κ3) is 2.91. The van der Waals surface area contributed by atoms with Crippen molar-refractivity contribution in [1.29, 1.82) is 0 Å². The maximum atomic E-state index is 4.56. The second kappa shape index (κ2) is 5.83. The van der Waals surface area contributed by atoms with Gasteiger partial charge in [-0.05, 0) is 48.8 Å². The summed E-state index contributed by atoms with van der Waals surface area (Å²) in [6.07, 6.45) is 5.95. The lowest BCUT2D eigenvalue weighted by Crippen LogP contribution is -2.19. The topological polar surface area (TPSA) is 28.2 Å². The van der Waals surface area contributed by atoms with Crippen molar-refractivity contribution in [3.63, 3.8) is 0 Å². The van der Waals surface area contributed by atoms with Crippen molar-refractivity contribution < 1.29 is 0 Å². The Morgan fingerprint density at radius 3 is 2.89 bits per heavy atom. The lowest BCUT2D eigenvalue weighted by atomic mass is 10.1. The van der Waals surface area contributed by atoms with Crippen LogP contribution in [0.2, 0.25) is 0 Å². The molecule has 3 nitrogen and oxygen atoms in total. The molecule has 0 amide bonds. The SMILES string of the molecule is c1cc(N2CCCC2)ncc1NCC1CCSC1. The van der Waals surface area contributed by atoms with E-state index in [2.05, 4.69) is 39.1 Å². The van der Waals surface area contributed by atoms with Gasteiger partial charge in [-0.1, -0.05) is 0 Å². The molecule has 2 aliphatic rings. The highest BCUT2D eigenvalue weighted by Crippen LogP contribution is 2.24. The van der Waals surface area contributed by atoms with Gasteiger partial charge < -0.3 is 10.2 Å². The highest BCUT2D eigenvalue weighted by Gasteiger charge is 2.15. The standard InChI is InChI=1S/C14H21N3S/c1-2-7-17(6-1)14-4-3-13(10-16-14)15-9-12-5-8-18-11-12/h3-4,10,12,15H,1-2,5-9,11H2. The Hall–Kier alpha value is -0.900. The minimum absolute atomic E-state index is 0.841. The van der Waals surface area contributed by atoms with Gasteiger partial charge in [0.2, 0.25) is 0 Å². The van der Waals surface area contributed by atoms with Gasteiger partial charge in [0, 0.05) is 19.6 Å². The molecular weight excluding hydrogens is 242 g/mol. The Balaban J connectivity index is 1.53. The summed E-state index contributed by atoms with van der Waals surface area (Å²) in [5.74, 6) is 4.62. The van der Waals surface area contributed by atoms with Gasteiger partial charge in [0.1, 0.15) is 5.82 Å². The smallest absolute Gasteiger partial charge is 0.128 e. The van der Waals surface area contributed by atoms with Crippen molar-refractivity contribution in [2.75, 3.05) is 41.4 Å².